The molecule has 2 aromatic heterocycles. The van der Waals surface area contributed by atoms with Gasteiger partial charge in [0.25, 0.3) is 5.56 Å². The van der Waals surface area contributed by atoms with E-state index in [0.29, 0.717) is 11.2 Å². The van der Waals surface area contributed by atoms with Crippen molar-refractivity contribution in [2.24, 2.45) is 0 Å². The van der Waals surface area contributed by atoms with Gasteiger partial charge in [-0.2, -0.15) is 0 Å². The summed E-state index contributed by atoms with van der Waals surface area (Å²) in [5, 5.41) is 2.00. The summed E-state index contributed by atoms with van der Waals surface area (Å²) < 4.78 is 7.59. The molecule has 2 aromatic carbocycles. The minimum Gasteiger partial charge on any atom is -0.497 e. The van der Waals surface area contributed by atoms with Crippen LogP contribution in [0.15, 0.2) is 65.0 Å². The molecular formula is C24H24N2O2S. The molecule has 0 unspecified atom stereocenters. The molecule has 4 rings (SSSR count). The number of nitrogens with zero attached hydrogens (tertiary/aromatic N) is 2. The molecule has 0 aliphatic rings. The lowest BCUT2D eigenvalue weighted by Crippen LogP contribution is -2.20. The van der Waals surface area contributed by atoms with Gasteiger partial charge in [-0.1, -0.05) is 57.2 Å². The molecule has 4 nitrogen and oxygen atoms in total. The van der Waals surface area contributed by atoms with Crippen LogP contribution in [0.5, 0.6) is 5.75 Å². The van der Waals surface area contributed by atoms with Gasteiger partial charge in [0.15, 0.2) is 0 Å². The molecule has 4 aromatic rings. The Morgan fingerprint density at radius 1 is 1.03 bits per heavy atom. The topological polar surface area (TPSA) is 44.1 Å². The third-order valence-corrected chi connectivity index (χ3v) is 6.08. The van der Waals surface area contributed by atoms with Crippen molar-refractivity contribution in [3.63, 3.8) is 0 Å². The predicted molar refractivity (Wildman–Crippen MR) is 120 cm³/mol. The van der Waals surface area contributed by atoms with Gasteiger partial charge < -0.3 is 4.74 Å². The van der Waals surface area contributed by atoms with Crippen molar-refractivity contribution in [3.8, 4) is 16.9 Å². The van der Waals surface area contributed by atoms with Gasteiger partial charge in [0.05, 0.1) is 25.5 Å². The van der Waals surface area contributed by atoms with E-state index in [-0.39, 0.29) is 11.0 Å². The van der Waals surface area contributed by atoms with Crippen molar-refractivity contribution in [3.05, 3.63) is 81.7 Å². The Kier molecular flexibility index (Phi) is 5.01. The largest absolute Gasteiger partial charge is 0.497 e. The Balaban J connectivity index is 1.65. The van der Waals surface area contributed by atoms with Crippen molar-refractivity contribution in [2.45, 2.75) is 32.7 Å². The lowest BCUT2D eigenvalue weighted by Gasteiger charge is -2.19. The second-order valence-corrected chi connectivity index (χ2v) is 9.06. The Hall–Kier alpha value is -2.92. The highest BCUT2D eigenvalue weighted by atomic mass is 32.1. The number of benzene rings is 2. The summed E-state index contributed by atoms with van der Waals surface area (Å²) in [6.45, 7) is 7.10. The average Bonchev–Trinajstić information content (AvgIpc) is 3.15. The third-order valence-electron chi connectivity index (χ3n) is 5.12. The minimum absolute atomic E-state index is 0.000315. The van der Waals surface area contributed by atoms with Gasteiger partial charge in [-0.15, -0.1) is 11.3 Å². The second kappa shape index (κ2) is 7.48. The maximum Gasteiger partial charge on any atom is 0.271 e. The highest BCUT2D eigenvalue weighted by molar-refractivity contribution is 7.17. The summed E-state index contributed by atoms with van der Waals surface area (Å²) in [5.74, 6) is 0.807. The molecule has 0 saturated carbocycles. The molecule has 29 heavy (non-hydrogen) atoms. The van der Waals surface area contributed by atoms with E-state index < -0.39 is 0 Å². The zero-order chi connectivity index (χ0) is 20.6. The van der Waals surface area contributed by atoms with E-state index in [4.69, 9.17) is 4.74 Å². The first kappa shape index (κ1) is 19.4. The highest BCUT2D eigenvalue weighted by Crippen LogP contribution is 2.31. The molecule has 2 heterocycles. The van der Waals surface area contributed by atoms with E-state index >= 15 is 0 Å². The van der Waals surface area contributed by atoms with Crippen LogP contribution in [-0.4, -0.2) is 16.7 Å². The van der Waals surface area contributed by atoms with Crippen molar-refractivity contribution in [1.82, 2.24) is 9.55 Å². The van der Waals surface area contributed by atoms with Gasteiger partial charge in [0.1, 0.15) is 10.4 Å². The highest BCUT2D eigenvalue weighted by Gasteiger charge is 2.15. The Labute approximate surface area is 174 Å². The molecule has 0 spiro atoms. The van der Waals surface area contributed by atoms with Crippen LogP contribution in [0.2, 0.25) is 0 Å². The zero-order valence-corrected chi connectivity index (χ0v) is 17.9. The number of thiophene rings is 1. The molecule has 0 fully saturated rings. The molecule has 0 aliphatic heterocycles. The fourth-order valence-corrected chi connectivity index (χ4v) is 4.31. The van der Waals surface area contributed by atoms with Gasteiger partial charge in [-0.05, 0) is 34.2 Å². The molecule has 0 amide bonds. The van der Waals surface area contributed by atoms with Crippen LogP contribution < -0.4 is 10.3 Å². The van der Waals surface area contributed by atoms with E-state index in [1.54, 1.807) is 18.0 Å². The number of hydrogen-bond donors (Lipinski definition) is 0. The van der Waals surface area contributed by atoms with Gasteiger partial charge in [-0.3, -0.25) is 9.36 Å². The molecule has 0 atom stereocenters. The standard InChI is InChI=1S/C24H24N2O2S/c1-24(2,3)18-9-5-16(6-10-18)13-26-15-25-21-20(14-29-22(21)23(26)27)17-7-11-19(28-4)12-8-17/h5-12,14-15H,13H2,1-4H3. The van der Waals surface area contributed by atoms with Crippen LogP contribution >= 0.6 is 11.3 Å². The zero-order valence-electron chi connectivity index (χ0n) is 17.1. The lowest BCUT2D eigenvalue weighted by atomic mass is 9.87. The van der Waals surface area contributed by atoms with Crippen LogP contribution in [0.3, 0.4) is 0 Å². The van der Waals surface area contributed by atoms with E-state index in [1.165, 1.54) is 16.9 Å². The average molecular weight is 405 g/mol. The summed E-state index contributed by atoms with van der Waals surface area (Å²) in [7, 11) is 1.65. The van der Waals surface area contributed by atoms with Crippen LogP contribution in [0, 0.1) is 0 Å². The van der Waals surface area contributed by atoms with Gasteiger partial charge >= 0.3 is 0 Å². The summed E-state index contributed by atoms with van der Waals surface area (Å²) in [4.78, 5) is 17.6. The molecule has 148 valence electrons. The third kappa shape index (κ3) is 3.83. The van der Waals surface area contributed by atoms with Crippen LogP contribution in [-0.2, 0) is 12.0 Å². The number of ether oxygens (including phenoxy) is 1. The van der Waals surface area contributed by atoms with Crippen molar-refractivity contribution < 1.29 is 4.74 Å². The smallest absolute Gasteiger partial charge is 0.271 e. The second-order valence-electron chi connectivity index (χ2n) is 8.18. The van der Waals surface area contributed by atoms with Crippen molar-refractivity contribution in [1.29, 1.82) is 0 Å². The number of methoxy groups -OCH3 is 1. The predicted octanol–water partition coefficient (Wildman–Crippen LogP) is 5.48. The van der Waals surface area contributed by atoms with Crippen molar-refractivity contribution in [2.75, 3.05) is 7.11 Å². The summed E-state index contributed by atoms with van der Waals surface area (Å²) in [6, 6.07) is 16.3. The summed E-state index contributed by atoms with van der Waals surface area (Å²) in [6.07, 6.45) is 1.65. The van der Waals surface area contributed by atoms with Crippen LogP contribution in [0.25, 0.3) is 21.3 Å². The molecule has 0 bridgehead atoms. The Morgan fingerprint density at radius 2 is 1.72 bits per heavy atom. The molecule has 0 saturated heterocycles. The number of aromatic nitrogens is 2. The first-order valence-electron chi connectivity index (χ1n) is 9.57. The Bertz CT molecular complexity index is 1200. The Morgan fingerprint density at radius 3 is 2.34 bits per heavy atom. The molecule has 5 heteroatoms. The van der Waals surface area contributed by atoms with E-state index in [0.717, 1.165) is 28.0 Å². The fourth-order valence-electron chi connectivity index (χ4n) is 3.34. The first-order valence-corrected chi connectivity index (χ1v) is 10.5. The molecule has 0 N–H and O–H groups in total. The first-order chi connectivity index (χ1) is 13.9. The van der Waals surface area contributed by atoms with E-state index in [9.17, 15) is 4.79 Å². The maximum absolute atomic E-state index is 13.0. The van der Waals surface area contributed by atoms with Crippen molar-refractivity contribution >= 4 is 21.6 Å². The monoisotopic (exact) mass is 404 g/mol. The summed E-state index contributed by atoms with van der Waals surface area (Å²) >= 11 is 1.45. The van der Waals surface area contributed by atoms with E-state index in [1.807, 2.05) is 29.6 Å². The number of hydrogen-bond acceptors (Lipinski definition) is 4. The van der Waals surface area contributed by atoms with Gasteiger partial charge in [0.2, 0.25) is 0 Å². The van der Waals surface area contributed by atoms with Gasteiger partial charge in [-0.25, -0.2) is 4.98 Å². The molecule has 0 radical (unpaired) electrons. The number of fused-ring (bicyclic) bond motifs is 1. The lowest BCUT2D eigenvalue weighted by molar-refractivity contribution is 0.415. The number of rotatable bonds is 4. The molecule has 0 aliphatic carbocycles. The fraction of sp³-hybridized carbons (Fsp3) is 0.250. The van der Waals surface area contributed by atoms with Crippen LogP contribution in [0.1, 0.15) is 31.9 Å². The van der Waals surface area contributed by atoms with Crippen LogP contribution in [0.4, 0.5) is 0 Å². The molecular weight excluding hydrogens is 380 g/mol. The van der Waals surface area contributed by atoms with E-state index in [2.05, 4.69) is 50.0 Å². The summed E-state index contributed by atoms with van der Waals surface area (Å²) in [5.41, 5.74) is 5.25. The van der Waals surface area contributed by atoms with Gasteiger partial charge in [0, 0.05) is 10.9 Å². The minimum atomic E-state index is -0.000315. The quantitative estimate of drug-likeness (QED) is 0.452. The SMILES string of the molecule is COc1ccc(-c2csc3c(=O)n(Cc4ccc(C(C)(C)C)cc4)cnc23)cc1. The maximum atomic E-state index is 13.0. The normalized spacial score (nSPS) is 11.7.